The molecule has 0 aliphatic heterocycles. The van der Waals surface area contributed by atoms with Crippen molar-refractivity contribution in [1.29, 1.82) is 0 Å². The molecule has 1 heterocycles. The molecule has 1 aromatic heterocycles. The summed E-state index contributed by atoms with van der Waals surface area (Å²) in [5.74, 6) is -1.79. The van der Waals surface area contributed by atoms with E-state index < -0.39 is 22.9 Å². The van der Waals surface area contributed by atoms with Crippen LogP contribution in [0.5, 0.6) is 11.6 Å². The molecular weight excluding hydrogens is 245 g/mol. The topological polar surface area (TPSA) is 74.5 Å². The molecular formula is C8H7F3N2O4. The lowest BCUT2D eigenvalue weighted by Crippen LogP contribution is -2.18. The van der Waals surface area contributed by atoms with Crippen LogP contribution in [0.15, 0.2) is 6.07 Å². The number of halogens is 3. The molecule has 0 aliphatic carbocycles. The minimum atomic E-state index is -4.94. The van der Waals surface area contributed by atoms with Crippen LogP contribution in [0.3, 0.4) is 0 Å². The lowest BCUT2D eigenvalue weighted by molar-refractivity contribution is -0.389. The molecule has 1 rings (SSSR count). The first-order chi connectivity index (χ1) is 7.74. The Hall–Kier alpha value is -2.06. The zero-order chi connectivity index (χ0) is 13.2. The van der Waals surface area contributed by atoms with Crippen LogP contribution in [0, 0.1) is 17.0 Å². The van der Waals surface area contributed by atoms with E-state index in [2.05, 4.69) is 14.5 Å². The van der Waals surface area contributed by atoms with Gasteiger partial charge < -0.3 is 19.6 Å². The molecule has 0 radical (unpaired) electrons. The van der Waals surface area contributed by atoms with Crippen molar-refractivity contribution < 1.29 is 27.6 Å². The molecule has 0 spiro atoms. The number of methoxy groups -OCH3 is 1. The molecule has 6 nitrogen and oxygen atoms in total. The van der Waals surface area contributed by atoms with E-state index in [1.165, 1.54) is 6.92 Å². The number of ether oxygens (including phenoxy) is 2. The van der Waals surface area contributed by atoms with Crippen LogP contribution in [0.25, 0.3) is 0 Å². The van der Waals surface area contributed by atoms with Gasteiger partial charge in [-0.2, -0.15) is 0 Å². The van der Waals surface area contributed by atoms with Crippen LogP contribution in [-0.4, -0.2) is 23.4 Å². The van der Waals surface area contributed by atoms with Crippen LogP contribution < -0.4 is 9.47 Å². The smallest absolute Gasteiger partial charge is 0.463 e. The van der Waals surface area contributed by atoms with Gasteiger partial charge in [-0.05, 0) is 11.8 Å². The summed E-state index contributed by atoms with van der Waals surface area (Å²) in [6, 6.07) is 0.589. The number of nitrogens with zero attached hydrogens (tertiary/aromatic N) is 2. The Morgan fingerprint density at radius 3 is 2.47 bits per heavy atom. The van der Waals surface area contributed by atoms with Crippen LogP contribution >= 0.6 is 0 Å². The summed E-state index contributed by atoms with van der Waals surface area (Å²) in [4.78, 5) is 12.9. The summed E-state index contributed by atoms with van der Waals surface area (Å²) in [6.07, 6.45) is -4.94. The van der Waals surface area contributed by atoms with Crippen molar-refractivity contribution in [3.05, 3.63) is 21.7 Å². The van der Waals surface area contributed by atoms with E-state index >= 15 is 0 Å². The standard InChI is InChI=1S/C8H7F3N2O4/c1-4-5(17-8(9,10)11)3-6(13(14)15)12-7(4)16-2/h3H,1-2H3. The van der Waals surface area contributed by atoms with E-state index in [-0.39, 0.29) is 11.4 Å². The predicted octanol–water partition coefficient (Wildman–Crippen LogP) is 2.21. The fraction of sp³-hybridized carbons (Fsp3) is 0.375. The summed E-state index contributed by atoms with van der Waals surface area (Å²) >= 11 is 0. The summed E-state index contributed by atoms with van der Waals surface area (Å²) in [7, 11) is 1.14. The molecule has 0 aromatic carbocycles. The Labute approximate surface area is 93.1 Å². The third kappa shape index (κ3) is 3.20. The molecule has 0 unspecified atom stereocenters. The zero-order valence-electron chi connectivity index (χ0n) is 8.74. The molecule has 0 bridgehead atoms. The minimum Gasteiger partial charge on any atom is -0.463 e. The molecule has 0 saturated heterocycles. The molecule has 0 atom stereocenters. The van der Waals surface area contributed by atoms with E-state index in [9.17, 15) is 23.3 Å². The van der Waals surface area contributed by atoms with Gasteiger partial charge in [-0.1, -0.05) is 0 Å². The molecule has 1 aromatic rings. The average molecular weight is 252 g/mol. The van der Waals surface area contributed by atoms with Gasteiger partial charge in [-0.25, -0.2) is 0 Å². The number of alkyl halides is 3. The second kappa shape index (κ2) is 4.44. The van der Waals surface area contributed by atoms with Crippen LogP contribution in [0.2, 0.25) is 0 Å². The first-order valence-corrected chi connectivity index (χ1v) is 4.20. The first-order valence-electron chi connectivity index (χ1n) is 4.20. The number of pyridine rings is 1. The van der Waals surface area contributed by atoms with Crippen molar-refractivity contribution in [3.8, 4) is 11.6 Å². The third-order valence-electron chi connectivity index (χ3n) is 1.77. The molecule has 0 aliphatic rings. The van der Waals surface area contributed by atoms with E-state index in [4.69, 9.17) is 0 Å². The predicted molar refractivity (Wildman–Crippen MR) is 48.9 cm³/mol. The highest BCUT2D eigenvalue weighted by Gasteiger charge is 2.34. The molecule has 0 N–H and O–H groups in total. The highest BCUT2D eigenvalue weighted by molar-refractivity contribution is 5.45. The fourth-order valence-corrected chi connectivity index (χ4v) is 1.07. The number of hydrogen-bond acceptors (Lipinski definition) is 5. The monoisotopic (exact) mass is 252 g/mol. The summed E-state index contributed by atoms with van der Waals surface area (Å²) in [5, 5.41) is 10.4. The first kappa shape index (κ1) is 13.0. The molecule has 0 amide bonds. The maximum atomic E-state index is 12.0. The maximum Gasteiger partial charge on any atom is 0.573 e. The van der Waals surface area contributed by atoms with Gasteiger partial charge >= 0.3 is 18.1 Å². The molecule has 9 heteroatoms. The SMILES string of the molecule is COc1nc([N+](=O)[O-])cc(OC(F)(F)F)c1C. The van der Waals surface area contributed by atoms with Gasteiger partial charge in [0.1, 0.15) is 5.75 Å². The Balaban J connectivity index is 3.28. The number of aromatic nitrogens is 1. The average Bonchev–Trinajstić information content (AvgIpc) is 2.18. The van der Waals surface area contributed by atoms with E-state index in [0.717, 1.165) is 7.11 Å². The van der Waals surface area contributed by atoms with Crippen molar-refractivity contribution in [2.45, 2.75) is 13.3 Å². The van der Waals surface area contributed by atoms with E-state index in [1.54, 1.807) is 0 Å². The number of hydrogen-bond donors (Lipinski definition) is 0. The van der Waals surface area contributed by atoms with E-state index in [1.807, 2.05) is 0 Å². The van der Waals surface area contributed by atoms with Crippen molar-refractivity contribution >= 4 is 5.82 Å². The summed E-state index contributed by atoms with van der Waals surface area (Å²) in [5.41, 5.74) is -0.0737. The van der Waals surface area contributed by atoms with Crippen molar-refractivity contribution in [2.75, 3.05) is 7.11 Å². The normalized spacial score (nSPS) is 11.1. The van der Waals surface area contributed by atoms with Gasteiger partial charge in [0.25, 0.3) is 0 Å². The van der Waals surface area contributed by atoms with Gasteiger partial charge in [0.05, 0.1) is 18.7 Å². The summed E-state index contributed by atoms with van der Waals surface area (Å²) < 4.78 is 44.4. The van der Waals surface area contributed by atoms with Crippen LogP contribution in [-0.2, 0) is 0 Å². The molecule has 17 heavy (non-hydrogen) atoms. The molecule has 0 fully saturated rings. The van der Waals surface area contributed by atoms with Crippen molar-refractivity contribution in [2.24, 2.45) is 0 Å². The van der Waals surface area contributed by atoms with E-state index in [0.29, 0.717) is 6.07 Å². The minimum absolute atomic E-state index is 0.0737. The van der Waals surface area contributed by atoms with Crippen molar-refractivity contribution in [1.82, 2.24) is 4.98 Å². The maximum absolute atomic E-state index is 12.0. The molecule has 0 saturated carbocycles. The Morgan fingerprint density at radius 1 is 1.47 bits per heavy atom. The number of rotatable bonds is 3. The van der Waals surface area contributed by atoms with Crippen molar-refractivity contribution in [3.63, 3.8) is 0 Å². The lowest BCUT2D eigenvalue weighted by Gasteiger charge is -2.11. The zero-order valence-corrected chi connectivity index (χ0v) is 8.74. The van der Waals surface area contributed by atoms with Crippen LogP contribution in [0.4, 0.5) is 19.0 Å². The van der Waals surface area contributed by atoms with Gasteiger partial charge in [-0.15, -0.1) is 13.2 Å². The Kier molecular flexibility index (Phi) is 3.39. The second-order valence-electron chi connectivity index (χ2n) is 2.92. The lowest BCUT2D eigenvalue weighted by atomic mass is 10.2. The van der Waals surface area contributed by atoms with Crippen LogP contribution in [0.1, 0.15) is 5.56 Å². The third-order valence-corrected chi connectivity index (χ3v) is 1.77. The summed E-state index contributed by atoms with van der Waals surface area (Å²) in [6.45, 7) is 1.25. The Bertz CT molecular complexity index is 447. The van der Waals surface area contributed by atoms with Gasteiger partial charge in [0, 0.05) is 4.98 Å². The molecule has 94 valence electrons. The highest BCUT2D eigenvalue weighted by atomic mass is 19.4. The highest BCUT2D eigenvalue weighted by Crippen LogP contribution is 2.33. The second-order valence-corrected chi connectivity index (χ2v) is 2.92. The quantitative estimate of drug-likeness (QED) is 0.609. The number of nitro groups is 1. The van der Waals surface area contributed by atoms with Gasteiger partial charge in [0.15, 0.2) is 0 Å². The van der Waals surface area contributed by atoms with Gasteiger partial charge in [0.2, 0.25) is 0 Å². The Morgan fingerprint density at radius 2 is 2.06 bits per heavy atom. The largest absolute Gasteiger partial charge is 0.573 e. The fourth-order valence-electron chi connectivity index (χ4n) is 1.07. The van der Waals surface area contributed by atoms with Gasteiger partial charge in [-0.3, -0.25) is 0 Å².